The number of nitrogens with zero attached hydrogens (tertiary/aromatic N) is 3. The molecule has 1 atom stereocenters. The first-order chi connectivity index (χ1) is 9.88. The van der Waals surface area contributed by atoms with Gasteiger partial charge in [-0.2, -0.15) is 10.4 Å². The van der Waals surface area contributed by atoms with E-state index in [0.717, 1.165) is 25.8 Å². The number of fused-ring (bicyclic) bond motifs is 1. The van der Waals surface area contributed by atoms with E-state index in [4.69, 9.17) is 5.26 Å². The fourth-order valence-electron chi connectivity index (χ4n) is 3.11. The molecule has 0 amide bonds. The van der Waals surface area contributed by atoms with Crippen molar-refractivity contribution in [1.29, 1.82) is 5.26 Å². The standard InChI is InChI=1S/C17H19N3/c18-11-9-15-7-4-8-17-16(15)13-19-20(17)12-10-14-5-2-1-3-6-14/h1-3,5-6,13,15H,4,7-10,12H2. The molecular formula is C17H19N3. The molecule has 1 aromatic heterocycles. The van der Waals surface area contributed by atoms with Crippen molar-refractivity contribution in [1.82, 2.24) is 9.78 Å². The normalized spacial score (nSPS) is 17.4. The van der Waals surface area contributed by atoms with E-state index in [9.17, 15) is 0 Å². The molecule has 0 N–H and O–H groups in total. The van der Waals surface area contributed by atoms with E-state index >= 15 is 0 Å². The van der Waals surface area contributed by atoms with E-state index < -0.39 is 0 Å². The van der Waals surface area contributed by atoms with Crippen LogP contribution in [0.5, 0.6) is 0 Å². The Labute approximate surface area is 119 Å². The summed E-state index contributed by atoms with van der Waals surface area (Å²) in [6.07, 6.45) is 7.03. The highest BCUT2D eigenvalue weighted by Crippen LogP contribution is 2.33. The minimum absolute atomic E-state index is 0.397. The minimum Gasteiger partial charge on any atom is -0.269 e. The lowest BCUT2D eigenvalue weighted by atomic mass is 9.85. The van der Waals surface area contributed by atoms with Crippen molar-refractivity contribution < 1.29 is 0 Å². The first-order valence-electron chi connectivity index (χ1n) is 7.34. The largest absolute Gasteiger partial charge is 0.269 e. The van der Waals surface area contributed by atoms with Gasteiger partial charge in [0.15, 0.2) is 0 Å². The number of rotatable bonds is 4. The summed E-state index contributed by atoms with van der Waals surface area (Å²) in [5.74, 6) is 0.397. The Kier molecular flexibility index (Phi) is 3.83. The zero-order valence-electron chi connectivity index (χ0n) is 11.6. The van der Waals surface area contributed by atoms with Gasteiger partial charge in [0, 0.05) is 24.6 Å². The lowest BCUT2D eigenvalue weighted by Gasteiger charge is -2.21. The van der Waals surface area contributed by atoms with E-state index in [1.54, 1.807) is 0 Å². The van der Waals surface area contributed by atoms with Crippen LogP contribution in [0.1, 0.15) is 42.0 Å². The van der Waals surface area contributed by atoms with Crippen LogP contribution in [0.25, 0.3) is 0 Å². The zero-order valence-corrected chi connectivity index (χ0v) is 11.6. The molecule has 0 saturated carbocycles. The number of aryl methyl sites for hydroxylation is 2. The van der Waals surface area contributed by atoms with Gasteiger partial charge in [-0.1, -0.05) is 30.3 Å². The fourth-order valence-corrected chi connectivity index (χ4v) is 3.11. The predicted octanol–water partition coefficient (Wildman–Crippen LogP) is 3.46. The Morgan fingerprint density at radius 2 is 2.15 bits per heavy atom. The molecule has 3 rings (SSSR count). The van der Waals surface area contributed by atoms with Crippen molar-refractivity contribution in [2.45, 2.75) is 44.6 Å². The second kappa shape index (κ2) is 5.92. The second-order valence-corrected chi connectivity index (χ2v) is 5.46. The Morgan fingerprint density at radius 3 is 2.95 bits per heavy atom. The summed E-state index contributed by atoms with van der Waals surface area (Å²) < 4.78 is 2.14. The summed E-state index contributed by atoms with van der Waals surface area (Å²) in [5, 5.41) is 13.5. The molecule has 0 fully saturated rings. The molecule has 1 aromatic carbocycles. The molecule has 3 nitrogen and oxygen atoms in total. The summed E-state index contributed by atoms with van der Waals surface area (Å²) in [6.45, 7) is 0.929. The van der Waals surface area contributed by atoms with Crippen LogP contribution in [-0.4, -0.2) is 9.78 Å². The third-order valence-corrected chi connectivity index (χ3v) is 4.18. The molecule has 0 spiro atoms. The molecule has 1 unspecified atom stereocenters. The minimum atomic E-state index is 0.397. The first kappa shape index (κ1) is 12.9. The Hall–Kier alpha value is -2.08. The highest BCUT2D eigenvalue weighted by Gasteiger charge is 2.23. The average Bonchev–Trinajstić information content (AvgIpc) is 2.91. The van der Waals surface area contributed by atoms with Gasteiger partial charge >= 0.3 is 0 Å². The molecule has 0 aliphatic heterocycles. The van der Waals surface area contributed by atoms with Crippen LogP contribution < -0.4 is 0 Å². The molecule has 3 heteroatoms. The predicted molar refractivity (Wildman–Crippen MR) is 78.3 cm³/mol. The lowest BCUT2D eigenvalue weighted by molar-refractivity contribution is 0.517. The SMILES string of the molecule is N#CCC1CCCc2c1cnn2CCc1ccccc1. The molecule has 1 aliphatic carbocycles. The van der Waals surface area contributed by atoms with Gasteiger partial charge in [0.2, 0.25) is 0 Å². The van der Waals surface area contributed by atoms with Gasteiger partial charge in [-0.05, 0) is 36.8 Å². The van der Waals surface area contributed by atoms with Gasteiger partial charge in [0.1, 0.15) is 0 Å². The van der Waals surface area contributed by atoms with Crippen molar-refractivity contribution in [3.63, 3.8) is 0 Å². The maximum absolute atomic E-state index is 8.93. The zero-order chi connectivity index (χ0) is 13.8. The van der Waals surface area contributed by atoms with Crippen molar-refractivity contribution >= 4 is 0 Å². The molecule has 1 heterocycles. The number of hydrogen-bond acceptors (Lipinski definition) is 2. The molecule has 2 aromatic rings. The topological polar surface area (TPSA) is 41.6 Å². The van der Waals surface area contributed by atoms with Crippen LogP contribution in [-0.2, 0) is 19.4 Å². The quantitative estimate of drug-likeness (QED) is 0.849. The molecule has 1 aliphatic rings. The number of nitriles is 1. The summed E-state index contributed by atoms with van der Waals surface area (Å²) in [6, 6.07) is 12.8. The number of aromatic nitrogens is 2. The fraction of sp³-hybridized carbons (Fsp3) is 0.412. The van der Waals surface area contributed by atoms with E-state index in [2.05, 4.69) is 40.1 Å². The van der Waals surface area contributed by atoms with Crippen LogP contribution in [0.2, 0.25) is 0 Å². The smallest absolute Gasteiger partial charge is 0.0628 e. The Balaban J connectivity index is 1.74. The molecule has 102 valence electrons. The number of hydrogen-bond donors (Lipinski definition) is 0. The van der Waals surface area contributed by atoms with Crippen LogP contribution >= 0.6 is 0 Å². The van der Waals surface area contributed by atoms with Crippen LogP contribution in [0.15, 0.2) is 36.5 Å². The summed E-state index contributed by atoms with van der Waals surface area (Å²) >= 11 is 0. The van der Waals surface area contributed by atoms with Crippen molar-refractivity contribution in [2.24, 2.45) is 0 Å². The van der Waals surface area contributed by atoms with E-state index in [1.807, 2.05) is 12.3 Å². The average molecular weight is 265 g/mol. The molecular weight excluding hydrogens is 246 g/mol. The maximum atomic E-state index is 8.93. The van der Waals surface area contributed by atoms with Crippen molar-refractivity contribution in [3.8, 4) is 6.07 Å². The van der Waals surface area contributed by atoms with Gasteiger partial charge in [-0.3, -0.25) is 4.68 Å². The van der Waals surface area contributed by atoms with Crippen LogP contribution in [0, 0.1) is 11.3 Å². The summed E-state index contributed by atoms with van der Waals surface area (Å²) in [7, 11) is 0. The lowest BCUT2D eigenvalue weighted by Crippen LogP contribution is -2.13. The summed E-state index contributed by atoms with van der Waals surface area (Å²) in [4.78, 5) is 0. The van der Waals surface area contributed by atoms with Gasteiger partial charge in [-0.15, -0.1) is 0 Å². The third-order valence-electron chi connectivity index (χ3n) is 4.18. The Bertz CT molecular complexity index is 607. The van der Waals surface area contributed by atoms with Crippen LogP contribution in [0.4, 0.5) is 0 Å². The van der Waals surface area contributed by atoms with Crippen molar-refractivity contribution in [3.05, 3.63) is 53.3 Å². The third kappa shape index (κ3) is 2.60. The summed E-state index contributed by atoms with van der Waals surface area (Å²) in [5.41, 5.74) is 4.01. The number of benzene rings is 1. The van der Waals surface area contributed by atoms with Crippen molar-refractivity contribution in [2.75, 3.05) is 0 Å². The van der Waals surface area contributed by atoms with Gasteiger partial charge in [-0.25, -0.2) is 0 Å². The maximum Gasteiger partial charge on any atom is 0.0628 e. The molecule has 0 bridgehead atoms. The highest BCUT2D eigenvalue weighted by molar-refractivity contribution is 5.26. The molecule has 20 heavy (non-hydrogen) atoms. The second-order valence-electron chi connectivity index (χ2n) is 5.46. The van der Waals surface area contributed by atoms with E-state index in [0.29, 0.717) is 12.3 Å². The monoisotopic (exact) mass is 265 g/mol. The Morgan fingerprint density at radius 1 is 1.30 bits per heavy atom. The van der Waals surface area contributed by atoms with Gasteiger partial charge in [0.25, 0.3) is 0 Å². The van der Waals surface area contributed by atoms with Crippen LogP contribution in [0.3, 0.4) is 0 Å². The van der Waals surface area contributed by atoms with Gasteiger partial charge in [0.05, 0.1) is 12.3 Å². The van der Waals surface area contributed by atoms with Gasteiger partial charge < -0.3 is 0 Å². The first-order valence-corrected chi connectivity index (χ1v) is 7.34. The molecule has 0 saturated heterocycles. The van der Waals surface area contributed by atoms with E-state index in [-0.39, 0.29) is 0 Å². The molecule has 0 radical (unpaired) electrons. The highest BCUT2D eigenvalue weighted by atomic mass is 15.3. The van der Waals surface area contributed by atoms with E-state index in [1.165, 1.54) is 23.2 Å².